The molecule has 30 heavy (non-hydrogen) atoms. The number of phenols is 1. The van der Waals surface area contributed by atoms with Crippen molar-refractivity contribution in [2.24, 2.45) is 0 Å². The molecular formula is C26H36O4. The molecule has 0 aliphatic heterocycles. The fraction of sp³-hybridized carbons (Fsp3) is 0.500. The van der Waals surface area contributed by atoms with Gasteiger partial charge in [-0.2, -0.15) is 0 Å². The summed E-state index contributed by atoms with van der Waals surface area (Å²) in [5.41, 5.74) is 0.775. The normalized spacial score (nSPS) is 10.7. The van der Waals surface area contributed by atoms with Gasteiger partial charge in [-0.05, 0) is 42.8 Å². The summed E-state index contributed by atoms with van der Waals surface area (Å²) in [4.78, 5) is 12.6. The van der Waals surface area contributed by atoms with E-state index >= 15 is 0 Å². The topological polar surface area (TPSA) is 55.8 Å². The predicted octanol–water partition coefficient (Wildman–Crippen LogP) is 6.93. The molecule has 0 amide bonds. The summed E-state index contributed by atoms with van der Waals surface area (Å²) in [6.07, 6.45) is 13.0. The third-order valence-corrected chi connectivity index (χ3v) is 5.33. The van der Waals surface area contributed by atoms with Crippen LogP contribution in [0, 0.1) is 0 Å². The molecule has 2 aromatic carbocycles. The smallest absolute Gasteiger partial charge is 0.196 e. The van der Waals surface area contributed by atoms with Gasteiger partial charge in [0.25, 0.3) is 0 Å². The molecule has 0 radical (unpaired) electrons. The Kier molecular flexibility index (Phi) is 10.8. The summed E-state index contributed by atoms with van der Waals surface area (Å²) >= 11 is 0. The van der Waals surface area contributed by atoms with Gasteiger partial charge in [-0.1, -0.05) is 64.7 Å². The average molecular weight is 413 g/mol. The first-order chi connectivity index (χ1) is 14.7. The van der Waals surface area contributed by atoms with Crippen molar-refractivity contribution in [2.45, 2.75) is 71.1 Å². The van der Waals surface area contributed by atoms with Gasteiger partial charge in [-0.25, -0.2) is 0 Å². The first-order valence-electron chi connectivity index (χ1n) is 11.3. The van der Waals surface area contributed by atoms with Crippen molar-refractivity contribution < 1.29 is 19.4 Å². The van der Waals surface area contributed by atoms with E-state index in [2.05, 4.69) is 6.92 Å². The van der Waals surface area contributed by atoms with Gasteiger partial charge in [0, 0.05) is 11.6 Å². The number of carbonyl (C=O) groups is 1. The van der Waals surface area contributed by atoms with Crippen LogP contribution in [0.5, 0.6) is 17.2 Å². The van der Waals surface area contributed by atoms with Crippen LogP contribution in [0.2, 0.25) is 0 Å². The Balaban J connectivity index is 1.66. The van der Waals surface area contributed by atoms with Crippen LogP contribution < -0.4 is 9.47 Å². The molecule has 0 aliphatic rings. The Morgan fingerprint density at radius 1 is 0.800 bits per heavy atom. The van der Waals surface area contributed by atoms with Crippen molar-refractivity contribution in [2.75, 3.05) is 13.7 Å². The Hall–Kier alpha value is -2.49. The molecule has 0 saturated carbocycles. The first kappa shape index (κ1) is 23.8. The van der Waals surface area contributed by atoms with Crippen molar-refractivity contribution in [3.63, 3.8) is 0 Å². The zero-order valence-electron chi connectivity index (χ0n) is 18.5. The Bertz CT molecular complexity index is 752. The molecule has 0 bridgehead atoms. The summed E-state index contributed by atoms with van der Waals surface area (Å²) in [5.74, 6) is 0.971. The van der Waals surface area contributed by atoms with E-state index in [1.54, 1.807) is 24.3 Å². The molecule has 0 heterocycles. The van der Waals surface area contributed by atoms with Gasteiger partial charge >= 0.3 is 0 Å². The van der Waals surface area contributed by atoms with Crippen LogP contribution in [0.3, 0.4) is 0 Å². The van der Waals surface area contributed by atoms with Crippen molar-refractivity contribution in [1.29, 1.82) is 0 Å². The second-order valence-electron chi connectivity index (χ2n) is 7.77. The van der Waals surface area contributed by atoms with Gasteiger partial charge in [0.1, 0.15) is 17.2 Å². The van der Waals surface area contributed by atoms with Crippen LogP contribution in [0.15, 0.2) is 42.5 Å². The maximum absolute atomic E-state index is 12.6. The number of methoxy groups -OCH3 is 1. The van der Waals surface area contributed by atoms with Crippen LogP contribution in [0.4, 0.5) is 0 Å². The number of ketones is 1. The lowest BCUT2D eigenvalue weighted by Gasteiger charge is -2.08. The Morgan fingerprint density at radius 3 is 1.93 bits per heavy atom. The zero-order chi connectivity index (χ0) is 21.6. The van der Waals surface area contributed by atoms with Crippen molar-refractivity contribution in [1.82, 2.24) is 0 Å². The molecule has 4 nitrogen and oxygen atoms in total. The Labute approximate surface area is 181 Å². The van der Waals surface area contributed by atoms with E-state index < -0.39 is 0 Å². The fourth-order valence-corrected chi connectivity index (χ4v) is 3.47. The summed E-state index contributed by atoms with van der Waals surface area (Å²) in [6.45, 7) is 2.95. The number of phenolic OH excluding ortho intramolecular Hbond substituents is 1. The van der Waals surface area contributed by atoms with Crippen LogP contribution >= 0.6 is 0 Å². The summed E-state index contributed by atoms with van der Waals surface area (Å²) in [6, 6.07) is 11.8. The lowest BCUT2D eigenvalue weighted by atomic mass is 10.0. The van der Waals surface area contributed by atoms with Crippen molar-refractivity contribution >= 4 is 5.78 Å². The number of aromatic hydroxyl groups is 1. The summed E-state index contributed by atoms with van der Waals surface area (Å²) < 4.78 is 10.9. The third kappa shape index (κ3) is 8.10. The minimum Gasteiger partial charge on any atom is -0.507 e. The number of carbonyl (C=O) groups excluding carboxylic acids is 1. The Morgan fingerprint density at radius 2 is 1.37 bits per heavy atom. The molecule has 164 valence electrons. The highest BCUT2D eigenvalue weighted by atomic mass is 16.5. The average Bonchev–Trinajstić information content (AvgIpc) is 2.77. The molecule has 4 heteroatoms. The minimum atomic E-state index is -0.226. The predicted molar refractivity (Wildman–Crippen MR) is 122 cm³/mol. The van der Waals surface area contributed by atoms with Crippen LogP contribution in [0.25, 0.3) is 0 Å². The highest BCUT2D eigenvalue weighted by molar-refractivity contribution is 6.10. The molecule has 0 fully saturated rings. The lowest BCUT2D eigenvalue weighted by Crippen LogP contribution is -2.02. The monoisotopic (exact) mass is 412 g/mol. The highest BCUT2D eigenvalue weighted by Gasteiger charge is 2.14. The summed E-state index contributed by atoms with van der Waals surface area (Å²) in [5, 5.41) is 10.1. The van der Waals surface area contributed by atoms with Crippen LogP contribution in [-0.2, 0) is 0 Å². The van der Waals surface area contributed by atoms with Gasteiger partial charge in [-0.3, -0.25) is 4.79 Å². The second kappa shape index (κ2) is 13.7. The van der Waals surface area contributed by atoms with E-state index in [0.717, 1.165) is 12.2 Å². The zero-order valence-corrected chi connectivity index (χ0v) is 18.5. The third-order valence-electron chi connectivity index (χ3n) is 5.33. The van der Waals surface area contributed by atoms with E-state index in [9.17, 15) is 9.90 Å². The van der Waals surface area contributed by atoms with E-state index in [1.165, 1.54) is 71.0 Å². The quantitative estimate of drug-likeness (QED) is 0.254. The standard InChI is InChI=1S/C26H36O4/c1-3-4-5-6-7-8-9-10-11-12-19-30-22-15-13-21(14-16-22)26(28)24-18-17-23(29-2)20-25(24)27/h13-18,20,27H,3-12,19H2,1-2H3. The second-order valence-corrected chi connectivity index (χ2v) is 7.77. The van der Waals surface area contributed by atoms with Crippen LogP contribution in [0.1, 0.15) is 87.1 Å². The van der Waals surface area contributed by atoms with Gasteiger partial charge in [-0.15, -0.1) is 0 Å². The highest BCUT2D eigenvalue weighted by Crippen LogP contribution is 2.26. The van der Waals surface area contributed by atoms with Gasteiger partial charge < -0.3 is 14.6 Å². The molecule has 0 aromatic heterocycles. The molecule has 0 unspecified atom stereocenters. The van der Waals surface area contributed by atoms with E-state index in [-0.39, 0.29) is 17.1 Å². The molecule has 0 aliphatic carbocycles. The number of rotatable bonds is 15. The largest absolute Gasteiger partial charge is 0.507 e. The molecule has 0 spiro atoms. The van der Waals surface area contributed by atoms with Gasteiger partial charge in [0.05, 0.1) is 19.3 Å². The number of benzene rings is 2. The maximum atomic E-state index is 12.6. The number of hydrogen-bond acceptors (Lipinski definition) is 4. The van der Waals surface area contributed by atoms with Crippen molar-refractivity contribution in [3.8, 4) is 17.2 Å². The van der Waals surface area contributed by atoms with Gasteiger partial charge in [0.2, 0.25) is 0 Å². The molecule has 2 aromatic rings. The minimum absolute atomic E-state index is 0.0827. The molecule has 0 saturated heterocycles. The van der Waals surface area contributed by atoms with E-state index in [4.69, 9.17) is 9.47 Å². The van der Waals surface area contributed by atoms with Crippen LogP contribution in [-0.4, -0.2) is 24.6 Å². The first-order valence-corrected chi connectivity index (χ1v) is 11.3. The SMILES string of the molecule is CCCCCCCCCCCCOc1ccc(C(=O)c2ccc(OC)cc2O)cc1. The van der Waals surface area contributed by atoms with E-state index in [1.807, 2.05) is 12.1 Å². The van der Waals surface area contributed by atoms with E-state index in [0.29, 0.717) is 17.9 Å². The number of ether oxygens (including phenoxy) is 2. The molecular weight excluding hydrogens is 376 g/mol. The van der Waals surface area contributed by atoms with Gasteiger partial charge in [0.15, 0.2) is 5.78 Å². The van der Waals surface area contributed by atoms with Crippen molar-refractivity contribution in [3.05, 3.63) is 53.6 Å². The summed E-state index contributed by atoms with van der Waals surface area (Å²) in [7, 11) is 1.52. The maximum Gasteiger partial charge on any atom is 0.196 e. The fourth-order valence-electron chi connectivity index (χ4n) is 3.47. The molecule has 2 rings (SSSR count). The molecule has 0 atom stereocenters. The lowest BCUT2D eigenvalue weighted by molar-refractivity contribution is 0.103. The number of unbranched alkanes of at least 4 members (excludes halogenated alkanes) is 9. The number of hydrogen-bond donors (Lipinski definition) is 1. The molecule has 1 N–H and O–H groups in total.